The molecule has 0 radical (unpaired) electrons. The molecule has 1 N–H and O–H groups in total. The van der Waals surface area contributed by atoms with Crippen LogP contribution in [0.5, 0.6) is 5.75 Å². The first kappa shape index (κ1) is 18.5. The number of nitrogens with one attached hydrogen (secondary N) is 1. The van der Waals surface area contributed by atoms with Crippen LogP contribution in [-0.4, -0.2) is 17.5 Å². The summed E-state index contributed by atoms with van der Waals surface area (Å²) in [6.45, 7) is 1.82. The van der Waals surface area contributed by atoms with Crippen LogP contribution in [0.25, 0.3) is 20.8 Å². The molecule has 0 spiro atoms. The highest BCUT2D eigenvalue weighted by Crippen LogP contribution is 2.30. The molecule has 28 heavy (non-hydrogen) atoms. The van der Waals surface area contributed by atoms with E-state index in [-0.39, 0.29) is 12.5 Å². The zero-order chi connectivity index (χ0) is 19.5. The molecule has 4 nitrogen and oxygen atoms in total. The zero-order valence-electron chi connectivity index (χ0n) is 15.1. The number of hydrogen-bond donors (Lipinski definition) is 1. The highest BCUT2D eigenvalue weighted by Gasteiger charge is 2.08. The van der Waals surface area contributed by atoms with Gasteiger partial charge in [0.2, 0.25) is 0 Å². The molecule has 1 amide bonds. The summed E-state index contributed by atoms with van der Waals surface area (Å²) in [5, 5.41) is 4.44. The van der Waals surface area contributed by atoms with Crippen LogP contribution in [0.2, 0.25) is 5.02 Å². The number of fused-ring (bicyclic) bond motifs is 1. The Hall–Kier alpha value is -2.89. The summed E-state index contributed by atoms with van der Waals surface area (Å²) in [5.74, 6) is 0.424. The van der Waals surface area contributed by atoms with E-state index < -0.39 is 0 Å². The van der Waals surface area contributed by atoms with Crippen molar-refractivity contribution in [2.75, 3.05) is 11.9 Å². The van der Waals surface area contributed by atoms with E-state index in [1.807, 2.05) is 49.4 Å². The summed E-state index contributed by atoms with van der Waals surface area (Å²) in [6.07, 6.45) is 0. The third-order valence-electron chi connectivity index (χ3n) is 4.21. The minimum Gasteiger partial charge on any atom is -0.483 e. The van der Waals surface area contributed by atoms with Crippen LogP contribution in [0.4, 0.5) is 5.69 Å². The summed E-state index contributed by atoms with van der Waals surface area (Å²) in [6, 6.07) is 21.0. The van der Waals surface area contributed by atoms with Crippen LogP contribution in [0.1, 0.15) is 5.56 Å². The lowest BCUT2D eigenvalue weighted by Crippen LogP contribution is -2.20. The Morgan fingerprint density at radius 2 is 1.89 bits per heavy atom. The molecule has 0 atom stereocenters. The number of ether oxygens (including phenoxy) is 1. The summed E-state index contributed by atoms with van der Waals surface area (Å²) in [4.78, 5) is 16.8. The number of nitrogens with zero attached hydrogens (tertiary/aromatic N) is 1. The van der Waals surface area contributed by atoms with Crippen molar-refractivity contribution < 1.29 is 9.53 Å². The summed E-state index contributed by atoms with van der Waals surface area (Å²) >= 11 is 7.58. The maximum absolute atomic E-state index is 12.2. The normalized spacial score (nSPS) is 10.8. The topological polar surface area (TPSA) is 51.2 Å². The lowest BCUT2D eigenvalue weighted by Gasteiger charge is -2.10. The third kappa shape index (κ3) is 4.16. The fraction of sp³-hybridized carbons (Fsp3) is 0.0909. The van der Waals surface area contributed by atoms with E-state index in [1.165, 1.54) is 0 Å². The van der Waals surface area contributed by atoms with Gasteiger partial charge in [0.15, 0.2) is 6.61 Å². The van der Waals surface area contributed by atoms with Crippen LogP contribution in [-0.2, 0) is 4.79 Å². The van der Waals surface area contributed by atoms with Gasteiger partial charge in [0.25, 0.3) is 5.91 Å². The van der Waals surface area contributed by atoms with E-state index in [1.54, 1.807) is 29.5 Å². The first-order valence-electron chi connectivity index (χ1n) is 8.73. The lowest BCUT2D eigenvalue weighted by atomic mass is 10.2. The molecule has 0 saturated carbocycles. The van der Waals surface area contributed by atoms with Crippen molar-refractivity contribution in [2.45, 2.75) is 6.92 Å². The van der Waals surface area contributed by atoms with Crippen LogP contribution >= 0.6 is 22.9 Å². The minimum atomic E-state index is -0.220. The van der Waals surface area contributed by atoms with Crippen molar-refractivity contribution in [1.82, 2.24) is 4.98 Å². The number of aromatic nitrogens is 1. The fourth-order valence-electron chi connectivity index (χ4n) is 2.81. The predicted molar refractivity (Wildman–Crippen MR) is 115 cm³/mol. The molecule has 3 aromatic carbocycles. The average Bonchev–Trinajstić information content (AvgIpc) is 3.12. The SMILES string of the molecule is Cc1cc(Cl)ccc1OCC(=O)Nc1ccc(-c2nc3ccccc3s2)cc1. The summed E-state index contributed by atoms with van der Waals surface area (Å²) in [5.41, 5.74) is 3.62. The standard InChI is InChI=1S/C22H17ClN2O2S/c1-14-12-16(23)8-11-19(14)27-13-21(26)24-17-9-6-15(7-10-17)22-25-18-4-2-3-5-20(18)28-22/h2-12H,13H2,1H3,(H,24,26). The maximum atomic E-state index is 12.2. The molecule has 0 aliphatic rings. The number of anilines is 1. The molecule has 0 fully saturated rings. The van der Waals surface area contributed by atoms with Gasteiger partial charge in [-0.2, -0.15) is 0 Å². The van der Waals surface area contributed by atoms with E-state index in [2.05, 4.69) is 16.4 Å². The molecular weight excluding hydrogens is 392 g/mol. The van der Waals surface area contributed by atoms with Gasteiger partial charge in [-0.3, -0.25) is 4.79 Å². The molecule has 0 saturated heterocycles. The first-order chi connectivity index (χ1) is 13.6. The molecule has 140 valence electrons. The first-order valence-corrected chi connectivity index (χ1v) is 9.93. The van der Waals surface area contributed by atoms with Crippen molar-refractivity contribution in [2.24, 2.45) is 0 Å². The van der Waals surface area contributed by atoms with Gasteiger partial charge in [-0.1, -0.05) is 23.7 Å². The number of amides is 1. The zero-order valence-corrected chi connectivity index (χ0v) is 16.7. The Balaban J connectivity index is 1.39. The Morgan fingerprint density at radius 3 is 2.64 bits per heavy atom. The molecule has 4 aromatic rings. The number of carbonyl (C=O) groups excluding carboxylic acids is 1. The number of para-hydroxylation sites is 1. The van der Waals surface area contributed by atoms with E-state index in [0.717, 1.165) is 26.4 Å². The van der Waals surface area contributed by atoms with Gasteiger partial charge >= 0.3 is 0 Å². The van der Waals surface area contributed by atoms with Gasteiger partial charge in [-0.15, -0.1) is 11.3 Å². The highest BCUT2D eigenvalue weighted by atomic mass is 35.5. The van der Waals surface area contributed by atoms with Crippen molar-refractivity contribution in [3.63, 3.8) is 0 Å². The second-order valence-electron chi connectivity index (χ2n) is 6.31. The minimum absolute atomic E-state index is 0.0674. The Labute approximate surface area is 171 Å². The van der Waals surface area contributed by atoms with Gasteiger partial charge < -0.3 is 10.1 Å². The smallest absolute Gasteiger partial charge is 0.262 e. The van der Waals surface area contributed by atoms with Crippen LogP contribution < -0.4 is 10.1 Å². The van der Waals surface area contributed by atoms with Gasteiger partial charge in [0.05, 0.1) is 10.2 Å². The summed E-state index contributed by atoms with van der Waals surface area (Å²) < 4.78 is 6.73. The maximum Gasteiger partial charge on any atom is 0.262 e. The van der Waals surface area contributed by atoms with E-state index in [9.17, 15) is 4.79 Å². The van der Waals surface area contributed by atoms with Crippen molar-refractivity contribution in [1.29, 1.82) is 0 Å². The van der Waals surface area contributed by atoms with Gasteiger partial charge in [-0.05, 0) is 67.1 Å². The number of thiazole rings is 1. The number of aryl methyl sites for hydroxylation is 1. The number of hydrogen-bond acceptors (Lipinski definition) is 4. The number of halogens is 1. The van der Waals surface area contributed by atoms with Gasteiger partial charge in [-0.25, -0.2) is 4.98 Å². The quantitative estimate of drug-likeness (QED) is 0.444. The molecule has 0 aliphatic heterocycles. The predicted octanol–water partition coefficient (Wildman–Crippen LogP) is 5.94. The van der Waals surface area contributed by atoms with Crippen molar-refractivity contribution >= 4 is 44.7 Å². The molecule has 0 aliphatic carbocycles. The lowest BCUT2D eigenvalue weighted by molar-refractivity contribution is -0.118. The number of rotatable bonds is 5. The van der Waals surface area contributed by atoms with E-state index in [4.69, 9.17) is 16.3 Å². The molecule has 1 aromatic heterocycles. The molecule has 0 bridgehead atoms. The van der Waals surface area contributed by atoms with Crippen molar-refractivity contribution in [3.8, 4) is 16.3 Å². The third-order valence-corrected chi connectivity index (χ3v) is 5.53. The second kappa shape index (κ2) is 8.00. The number of benzene rings is 3. The van der Waals surface area contributed by atoms with Gasteiger partial charge in [0.1, 0.15) is 10.8 Å². The van der Waals surface area contributed by atoms with Crippen molar-refractivity contribution in [3.05, 3.63) is 77.3 Å². The average molecular weight is 409 g/mol. The fourth-order valence-corrected chi connectivity index (χ4v) is 4.00. The molecule has 4 rings (SSSR count). The monoisotopic (exact) mass is 408 g/mol. The molecule has 1 heterocycles. The Kier molecular flexibility index (Phi) is 5.28. The largest absolute Gasteiger partial charge is 0.483 e. The van der Waals surface area contributed by atoms with Crippen LogP contribution in [0, 0.1) is 6.92 Å². The Morgan fingerprint density at radius 1 is 1.11 bits per heavy atom. The van der Waals surface area contributed by atoms with E-state index >= 15 is 0 Å². The van der Waals surface area contributed by atoms with Crippen LogP contribution in [0.3, 0.4) is 0 Å². The van der Waals surface area contributed by atoms with Crippen LogP contribution in [0.15, 0.2) is 66.7 Å². The second-order valence-corrected chi connectivity index (χ2v) is 7.78. The Bertz CT molecular complexity index is 1110. The molecule has 6 heteroatoms. The highest BCUT2D eigenvalue weighted by molar-refractivity contribution is 7.21. The summed E-state index contributed by atoms with van der Waals surface area (Å²) in [7, 11) is 0. The number of carbonyl (C=O) groups is 1. The van der Waals surface area contributed by atoms with Gasteiger partial charge in [0, 0.05) is 16.3 Å². The van der Waals surface area contributed by atoms with E-state index in [0.29, 0.717) is 16.5 Å². The molecular formula is C22H17ClN2O2S. The molecule has 0 unspecified atom stereocenters.